The van der Waals surface area contributed by atoms with Crippen LogP contribution in [0.25, 0.3) is 11.4 Å². The molecule has 0 aliphatic heterocycles. The molecule has 138 valence electrons. The molecule has 1 N–H and O–H groups in total. The molecule has 0 spiro atoms. The van der Waals surface area contributed by atoms with Crippen LogP contribution >= 0.6 is 0 Å². The van der Waals surface area contributed by atoms with Crippen molar-refractivity contribution in [3.05, 3.63) is 65.7 Å². The van der Waals surface area contributed by atoms with Crippen molar-refractivity contribution >= 4 is 12.1 Å². The van der Waals surface area contributed by atoms with E-state index >= 15 is 0 Å². The van der Waals surface area contributed by atoms with Gasteiger partial charge in [-0.3, -0.25) is 4.79 Å². The Morgan fingerprint density at radius 3 is 2.67 bits per heavy atom. The third-order valence-electron chi connectivity index (χ3n) is 3.39. The average Bonchev–Trinajstić information content (AvgIpc) is 3.10. The minimum Gasteiger partial charge on any atom is -0.271 e. The molecule has 3 rings (SSSR count). The van der Waals surface area contributed by atoms with E-state index in [0.29, 0.717) is 0 Å². The largest absolute Gasteiger partial charge is 0.416 e. The van der Waals surface area contributed by atoms with Gasteiger partial charge in [0, 0.05) is 5.56 Å². The fourth-order valence-electron chi connectivity index (χ4n) is 2.14. The van der Waals surface area contributed by atoms with Crippen LogP contribution in [-0.2, 0) is 17.5 Å². The Morgan fingerprint density at radius 2 is 1.93 bits per heavy atom. The van der Waals surface area contributed by atoms with Gasteiger partial charge >= 0.3 is 6.18 Å². The van der Waals surface area contributed by atoms with E-state index in [-0.39, 0.29) is 17.9 Å². The molecule has 0 aliphatic carbocycles. The number of hydrogen-bond donors (Lipinski definition) is 1. The Morgan fingerprint density at radius 1 is 1.15 bits per heavy atom. The maximum atomic E-state index is 12.8. The standard InChI is InChI=1S/C17H13F3N6O/c18-17(19,20)14-8-4-7-13(9-14)16-23-25-26(24-16)11-15(27)22-21-10-12-5-2-1-3-6-12/h1-10H,11H2,(H,22,27)/b21-10-. The smallest absolute Gasteiger partial charge is 0.271 e. The first kappa shape index (κ1) is 18.2. The zero-order chi connectivity index (χ0) is 19.3. The lowest BCUT2D eigenvalue weighted by molar-refractivity contribution is -0.137. The van der Waals surface area contributed by atoms with Gasteiger partial charge in [0.25, 0.3) is 5.91 Å². The van der Waals surface area contributed by atoms with Crippen molar-refractivity contribution in [3.8, 4) is 11.4 Å². The van der Waals surface area contributed by atoms with Crippen molar-refractivity contribution < 1.29 is 18.0 Å². The number of hydrazone groups is 1. The van der Waals surface area contributed by atoms with E-state index < -0.39 is 17.6 Å². The van der Waals surface area contributed by atoms with E-state index in [1.54, 1.807) is 0 Å². The minimum absolute atomic E-state index is 0.0123. The number of nitrogens with zero attached hydrogens (tertiary/aromatic N) is 5. The summed E-state index contributed by atoms with van der Waals surface area (Å²) in [5, 5.41) is 15.1. The van der Waals surface area contributed by atoms with Crippen molar-refractivity contribution in [1.82, 2.24) is 25.6 Å². The summed E-state index contributed by atoms with van der Waals surface area (Å²) in [5.41, 5.74) is 2.46. The molecule has 0 saturated heterocycles. The molecule has 2 aromatic carbocycles. The van der Waals surface area contributed by atoms with Gasteiger partial charge in [-0.25, -0.2) is 5.43 Å². The predicted octanol–water partition coefficient (Wildman–Crippen LogP) is 2.51. The predicted molar refractivity (Wildman–Crippen MR) is 90.4 cm³/mol. The van der Waals surface area contributed by atoms with E-state index in [1.807, 2.05) is 30.3 Å². The summed E-state index contributed by atoms with van der Waals surface area (Å²) in [6, 6.07) is 13.7. The van der Waals surface area contributed by atoms with Gasteiger partial charge in [0.1, 0.15) is 6.54 Å². The topological polar surface area (TPSA) is 85.1 Å². The summed E-state index contributed by atoms with van der Waals surface area (Å²) in [5.74, 6) is -0.517. The average molecular weight is 374 g/mol. The van der Waals surface area contributed by atoms with E-state index in [2.05, 4.69) is 25.9 Å². The zero-order valence-electron chi connectivity index (χ0n) is 13.8. The fraction of sp³-hybridized carbons (Fsp3) is 0.118. The molecule has 0 aliphatic rings. The van der Waals surface area contributed by atoms with Crippen molar-refractivity contribution in [2.45, 2.75) is 12.7 Å². The Bertz CT molecular complexity index is 953. The lowest BCUT2D eigenvalue weighted by atomic mass is 10.1. The fourth-order valence-corrected chi connectivity index (χ4v) is 2.14. The highest BCUT2D eigenvalue weighted by Crippen LogP contribution is 2.31. The van der Waals surface area contributed by atoms with Crippen LogP contribution in [0, 0.1) is 0 Å². The van der Waals surface area contributed by atoms with E-state index in [9.17, 15) is 18.0 Å². The molecular formula is C17H13F3N6O. The van der Waals surface area contributed by atoms with Crippen molar-refractivity contribution in [1.29, 1.82) is 0 Å². The first-order chi connectivity index (χ1) is 12.9. The number of amides is 1. The SMILES string of the molecule is O=C(Cn1nnc(-c2cccc(C(F)(F)F)c2)n1)N/N=C\c1ccccc1. The van der Waals surface area contributed by atoms with Gasteiger partial charge in [-0.15, -0.1) is 10.2 Å². The molecule has 1 heterocycles. The Hall–Kier alpha value is -3.56. The number of tetrazole rings is 1. The third kappa shape index (κ3) is 4.97. The molecule has 3 aromatic rings. The number of nitrogens with one attached hydrogen (secondary N) is 1. The highest BCUT2D eigenvalue weighted by atomic mass is 19.4. The minimum atomic E-state index is -4.47. The Kier molecular flexibility index (Phi) is 5.25. The van der Waals surface area contributed by atoms with Crippen molar-refractivity contribution in [2.75, 3.05) is 0 Å². The van der Waals surface area contributed by atoms with Crippen LogP contribution in [0.1, 0.15) is 11.1 Å². The molecule has 1 aromatic heterocycles. The molecule has 10 heteroatoms. The maximum Gasteiger partial charge on any atom is 0.416 e. The van der Waals surface area contributed by atoms with Gasteiger partial charge < -0.3 is 0 Å². The van der Waals surface area contributed by atoms with Gasteiger partial charge in [0.05, 0.1) is 11.8 Å². The molecule has 0 radical (unpaired) electrons. The van der Waals surface area contributed by atoms with Crippen LogP contribution in [0.2, 0.25) is 0 Å². The molecule has 0 saturated carbocycles. The summed E-state index contributed by atoms with van der Waals surface area (Å²) < 4.78 is 38.3. The molecule has 0 bridgehead atoms. The summed E-state index contributed by atoms with van der Waals surface area (Å²) in [6.45, 7) is -0.280. The number of halogens is 3. The van der Waals surface area contributed by atoms with Gasteiger partial charge in [-0.1, -0.05) is 42.5 Å². The third-order valence-corrected chi connectivity index (χ3v) is 3.39. The highest BCUT2D eigenvalue weighted by molar-refractivity contribution is 5.82. The normalized spacial score (nSPS) is 11.7. The summed E-state index contributed by atoms with van der Waals surface area (Å²) in [6.07, 6.45) is -3.00. The quantitative estimate of drug-likeness (QED) is 0.549. The summed E-state index contributed by atoms with van der Waals surface area (Å²) in [7, 11) is 0. The zero-order valence-corrected chi connectivity index (χ0v) is 13.8. The molecule has 7 nitrogen and oxygen atoms in total. The molecular weight excluding hydrogens is 361 g/mol. The molecule has 0 atom stereocenters. The lowest BCUT2D eigenvalue weighted by Gasteiger charge is -2.06. The van der Waals surface area contributed by atoms with Crippen molar-refractivity contribution in [2.24, 2.45) is 5.10 Å². The molecule has 1 amide bonds. The van der Waals surface area contributed by atoms with E-state index in [0.717, 1.165) is 22.5 Å². The number of alkyl halides is 3. The first-order valence-electron chi connectivity index (χ1n) is 7.74. The summed E-state index contributed by atoms with van der Waals surface area (Å²) in [4.78, 5) is 12.8. The highest BCUT2D eigenvalue weighted by Gasteiger charge is 2.30. The molecule has 27 heavy (non-hydrogen) atoms. The molecule has 0 unspecified atom stereocenters. The van der Waals surface area contributed by atoms with Gasteiger partial charge in [0.15, 0.2) is 0 Å². The van der Waals surface area contributed by atoms with Crippen LogP contribution in [0.15, 0.2) is 59.7 Å². The van der Waals surface area contributed by atoms with E-state index in [4.69, 9.17) is 0 Å². The monoisotopic (exact) mass is 374 g/mol. The number of benzene rings is 2. The molecule has 0 fully saturated rings. The number of hydrogen-bond acceptors (Lipinski definition) is 5. The Labute approximate surface area is 151 Å². The van der Waals surface area contributed by atoms with Crippen LogP contribution in [0.4, 0.5) is 13.2 Å². The van der Waals surface area contributed by atoms with Crippen molar-refractivity contribution in [3.63, 3.8) is 0 Å². The first-order valence-corrected chi connectivity index (χ1v) is 7.74. The van der Waals surface area contributed by atoms with Gasteiger partial charge in [-0.05, 0) is 22.9 Å². The van der Waals surface area contributed by atoms with Crippen LogP contribution in [-0.4, -0.2) is 32.3 Å². The van der Waals surface area contributed by atoms with Gasteiger partial charge in [-0.2, -0.15) is 23.1 Å². The Balaban J connectivity index is 1.62. The van der Waals surface area contributed by atoms with Crippen LogP contribution in [0.3, 0.4) is 0 Å². The van der Waals surface area contributed by atoms with Crippen LogP contribution in [0.5, 0.6) is 0 Å². The summed E-state index contributed by atoms with van der Waals surface area (Å²) >= 11 is 0. The maximum absolute atomic E-state index is 12.8. The number of carbonyl (C=O) groups is 1. The second-order valence-electron chi connectivity index (χ2n) is 5.43. The van der Waals surface area contributed by atoms with E-state index in [1.165, 1.54) is 18.3 Å². The van der Waals surface area contributed by atoms with Gasteiger partial charge in [0.2, 0.25) is 5.82 Å². The lowest BCUT2D eigenvalue weighted by Crippen LogP contribution is -2.24. The number of rotatable bonds is 5. The number of carbonyl (C=O) groups excluding carboxylic acids is 1. The second kappa shape index (κ2) is 7.77. The number of aromatic nitrogens is 4. The second-order valence-corrected chi connectivity index (χ2v) is 5.43. The van der Waals surface area contributed by atoms with Crippen LogP contribution < -0.4 is 5.43 Å².